The van der Waals surface area contributed by atoms with Gasteiger partial charge in [0.05, 0.1) is 10.7 Å². The van der Waals surface area contributed by atoms with E-state index in [1.165, 1.54) is 36.0 Å². The van der Waals surface area contributed by atoms with Gasteiger partial charge in [0.25, 0.3) is 11.6 Å². The smallest absolute Gasteiger partial charge is 0.270 e. The van der Waals surface area contributed by atoms with Crippen LogP contribution in [0, 0.1) is 24.0 Å². The second-order valence-corrected chi connectivity index (χ2v) is 8.65. The lowest BCUT2D eigenvalue weighted by molar-refractivity contribution is -0.384. The van der Waals surface area contributed by atoms with Gasteiger partial charge in [-0.1, -0.05) is 24.3 Å². The molecular weight excluding hydrogens is 426 g/mol. The van der Waals surface area contributed by atoms with Crippen LogP contribution in [0.15, 0.2) is 66.7 Å². The molecule has 0 aliphatic carbocycles. The molecule has 4 rings (SSSR count). The second-order valence-electron chi connectivity index (χ2n) is 7.58. The van der Waals surface area contributed by atoms with E-state index in [9.17, 15) is 19.7 Å². The molecule has 1 fully saturated rings. The van der Waals surface area contributed by atoms with Crippen molar-refractivity contribution < 1.29 is 14.5 Å². The highest BCUT2D eigenvalue weighted by molar-refractivity contribution is 8.00. The quantitative estimate of drug-likeness (QED) is 0.426. The standard InChI is InChI=1S/C24H21N3O4S/c1-15-9-10-20(11-16(15)2)26-22(28)14-32-24(26)18-6-3-7-19(12-18)25-23(29)17-5-4-8-21(13-17)27(30)31/h3-13,24H,14H2,1-2H3,(H,25,29)/t24-/m0/s1. The van der Waals surface area contributed by atoms with Crippen LogP contribution in [-0.2, 0) is 4.79 Å². The van der Waals surface area contributed by atoms with Gasteiger partial charge in [0, 0.05) is 29.1 Å². The van der Waals surface area contributed by atoms with E-state index in [4.69, 9.17) is 0 Å². The molecule has 0 saturated carbocycles. The van der Waals surface area contributed by atoms with E-state index in [1.54, 1.807) is 11.0 Å². The van der Waals surface area contributed by atoms with Gasteiger partial charge in [0.15, 0.2) is 0 Å². The summed E-state index contributed by atoms with van der Waals surface area (Å²) in [5, 5.41) is 13.6. The first-order valence-corrected chi connectivity index (χ1v) is 11.0. The first-order valence-electron chi connectivity index (χ1n) is 10.00. The Hall–Kier alpha value is -3.65. The summed E-state index contributed by atoms with van der Waals surface area (Å²) in [5.74, 6) is -0.0247. The van der Waals surface area contributed by atoms with Gasteiger partial charge in [-0.05, 0) is 60.9 Å². The van der Waals surface area contributed by atoms with Gasteiger partial charge in [-0.2, -0.15) is 0 Å². The van der Waals surface area contributed by atoms with E-state index in [-0.39, 0.29) is 22.5 Å². The van der Waals surface area contributed by atoms with Crippen molar-refractivity contribution in [1.29, 1.82) is 0 Å². The fourth-order valence-corrected chi connectivity index (χ4v) is 4.73. The number of aryl methyl sites for hydroxylation is 2. The molecule has 0 aromatic heterocycles. The molecule has 1 saturated heterocycles. The maximum atomic E-state index is 12.7. The molecular formula is C24H21N3O4S. The summed E-state index contributed by atoms with van der Waals surface area (Å²) in [6.45, 7) is 4.05. The number of thioether (sulfide) groups is 1. The summed E-state index contributed by atoms with van der Waals surface area (Å²) in [6.07, 6.45) is 0. The number of hydrogen-bond acceptors (Lipinski definition) is 5. The zero-order valence-corrected chi connectivity index (χ0v) is 18.4. The van der Waals surface area contributed by atoms with E-state index in [2.05, 4.69) is 5.32 Å². The molecule has 0 unspecified atom stereocenters. The lowest BCUT2D eigenvalue weighted by Gasteiger charge is -2.25. The minimum Gasteiger partial charge on any atom is -0.322 e. The first-order chi connectivity index (χ1) is 15.3. The molecule has 7 nitrogen and oxygen atoms in total. The van der Waals surface area contributed by atoms with Crippen LogP contribution in [0.25, 0.3) is 0 Å². The van der Waals surface area contributed by atoms with Crippen LogP contribution < -0.4 is 10.2 Å². The molecule has 1 aliphatic heterocycles. The third-order valence-electron chi connectivity index (χ3n) is 5.39. The summed E-state index contributed by atoms with van der Waals surface area (Å²) in [6, 6.07) is 18.9. The summed E-state index contributed by atoms with van der Waals surface area (Å²) in [4.78, 5) is 37.5. The molecule has 1 N–H and O–H groups in total. The van der Waals surface area contributed by atoms with Crippen LogP contribution >= 0.6 is 11.8 Å². The maximum Gasteiger partial charge on any atom is 0.270 e. The highest BCUT2D eigenvalue weighted by Crippen LogP contribution is 2.42. The number of hydrogen-bond donors (Lipinski definition) is 1. The molecule has 0 spiro atoms. The largest absolute Gasteiger partial charge is 0.322 e. The molecule has 1 heterocycles. The molecule has 3 aromatic rings. The van der Waals surface area contributed by atoms with Crippen molar-refractivity contribution in [2.45, 2.75) is 19.2 Å². The van der Waals surface area contributed by atoms with Crippen molar-refractivity contribution >= 4 is 40.6 Å². The van der Waals surface area contributed by atoms with E-state index in [0.29, 0.717) is 11.4 Å². The first kappa shape index (κ1) is 21.6. The van der Waals surface area contributed by atoms with Crippen molar-refractivity contribution in [2.24, 2.45) is 0 Å². The molecule has 1 atom stereocenters. The number of carbonyl (C=O) groups excluding carboxylic acids is 2. The van der Waals surface area contributed by atoms with Crippen LogP contribution in [-0.4, -0.2) is 22.5 Å². The van der Waals surface area contributed by atoms with Gasteiger partial charge in [-0.25, -0.2) is 0 Å². The number of carbonyl (C=O) groups is 2. The number of nitrogens with one attached hydrogen (secondary N) is 1. The number of anilines is 2. The van der Waals surface area contributed by atoms with Crippen molar-refractivity contribution in [3.63, 3.8) is 0 Å². The second kappa shape index (κ2) is 8.84. The SMILES string of the molecule is Cc1ccc(N2C(=O)CS[C@H]2c2cccc(NC(=O)c3cccc([N+](=O)[O-])c3)c2)cc1C. The van der Waals surface area contributed by atoms with Gasteiger partial charge in [-0.15, -0.1) is 11.8 Å². The van der Waals surface area contributed by atoms with Crippen LogP contribution in [0.4, 0.5) is 17.1 Å². The Morgan fingerprint density at radius 3 is 2.59 bits per heavy atom. The average Bonchev–Trinajstić information content (AvgIpc) is 3.17. The zero-order chi connectivity index (χ0) is 22.8. The number of amides is 2. The van der Waals surface area contributed by atoms with Gasteiger partial charge in [0.2, 0.25) is 5.91 Å². The molecule has 3 aromatic carbocycles. The zero-order valence-electron chi connectivity index (χ0n) is 17.6. The van der Waals surface area contributed by atoms with Crippen LogP contribution in [0.2, 0.25) is 0 Å². The minimum atomic E-state index is -0.535. The topological polar surface area (TPSA) is 92.6 Å². The molecule has 0 bridgehead atoms. The van der Waals surface area contributed by atoms with Crippen molar-refractivity contribution in [2.75, 3.05) is 16.0 Å². The van der Waals surface area contributed by atoms with Gasteiger partial charge >= 0.3 is 0 Å². The Morgan fingerprint density at radius 2 is 1.84 bits per heavy atom. The summed E-state index contributed by atoms with van der Waals surface area (Å²) in [5.41, 5.74) is 4.62. The molecule has 162 valence electrons. The Morgan fingerprint density at radius 1 is 1.06 bits per heavy atom. The Labute approximate surface area is 189 Å². The summed E-state index contributed by atoms with van der Waals surface area (Å²) in [7, 11) is 0. The van der Waals surface area contributed by atoms with Crippen molar-refractivity contribution in [3.8, 4) is 0 Å². The Bertz CT molecular complexity index is 1230. The summed E-state index contributed by atoms with van der Waals surface area (Å²) < 4.78 is 0. The fraction of sp³-hybridized carbons (Fsp3) is 0.167. The van der Waals surface area contributed by atoms with Crippen LogP contribution in [0.3, 0.4) is 0 Å². The minimum absolute atomic E-state index is 0.0364. The number of benzene rings is 3. The number of nitro groups is 1. The Kier molecular flexibility index (Phi) is 5.96. The third kappa shape index (κ3) is 4.36. The number of rotatable bonds is 5. The van der Waals surface area contributed by atoms with Gasteiger partial charge in [-0.3, -0.25) is 24.6 Å². The van der Waals surface area contributed by atoms with E-state index >= 15 is 0 Å². The number of nitrogens with zero attached hydrogens (tertiary/aromatic N) is 2. The summed E-state index contributed by atoms with van der Waals surface area (Å²) >= 11 is 1.53. The number of nitro benzene ring substituents is 1. The van der Waals surface area contributed by atoms with Crippen molar-refractivity contribution in [1.82, 2.24) is 0 Å². The molecule has 1 aliphatic rings. The van der Waals surface area contributed by atoms with Gasteiger partial charge in [0.1, 0.15) is 5.37 Å². The third-order valence-corrected chi connectivity index (χ3v) is 6.60. The van der Waals surface area contributed by atoms with E-state index in [0.717, 1.165) is 22.4 Å². The van der Waals surface area contributed by atoms with Crippen LogP contribution in [0.5, 0.6) is 0 Å². The van der Waals surface area contributed by atoms with Crippen molar-refractivity contribution in [3.05, 3.63) is 99.1 Å². The van der Waals surface area contributed by atoms with E-state index < -0.39 is 10.8 Å². The molecule has 32 heavy (non-hydrogen) atoms. The highest BCUT2D eigenvalue weighted by atomic mass is 32.2. The molecule has 2 amide bonds. The molecule has 8 heteroatoms. The van der Waals surface area contributed by atoms with Crippen LogP contribution in [0.1, 0.15) is 32.4 Å². The lowest BCUT2D eigenvalue weighted by Crippen LogP contribution is -2.28. The highest BCUT2D eigenvalue weighted by Gasteiger charge is 2.34. The predicted molar refractivity (Wildman–Crippen MR) is 126 cm³/mol. The average molecular weight is 448 g/mol. The normalized spacial score (nSPS) is 15.6. The lowest BCUT2D eigenvalue weighted by atomic mass is 10.1. The monoisotopic (exact) mass is 447 g/mol. The predicted octanol–water partition coefficient (Wildman–Crippen LogP) is 5.24. The molecule has 0 radical (unpaired) electrons. The van der Waals surface area contributed by atoms with Gasteiger partial charge < -0.3 is 5.32 Å². The van der Waals surface area contributed by atoms with E-state index in [1.807, 2.05) is 50.2 Å². The number of non-ortho nitro benzene ring substituents is 1. The Balaban J connectivity index is 1.58. The fourth-order valence-electron chi connectivity index (χ4n) is 3.56. The maximum absolute atomic E-state index is 12.7.